The van der Waals surface area contributed by atoms with Gasteiger partial charge in [-0.1, -0.05) is 60.7 Å². The third kappa shape index (κ3) is 4.09. The molecule has 0 saturated heterocycles. The molecule has 0 spiro atoms. The fourth-order valence-electron chi connectivity index (χ4n) is 3.47. The van der Waals surface area contributed by atoms with Crippen LogP contribution < -0.4 is 10.4 Å². The van der Waals surface area contributed by atoms with Crippen LogP contribution in [-0.4, -0.2) is 11.6 Å². The van der Waals surface area contributed by atoms with E-state index in [4.69, 9.17) is 9.15 Å². The van der Waals surface area contributed by atoms with Gasteiger partial charge in [-0.3, -0.25) is 0 Å². The zero-order valence-electron chi connectivity index (χ0n) is 16.7. The van der Waals surface area contributed by atoms with Crippen molar-refractivity contribution in [2.75, 3.05) is 6.61 Å². The fraction of sp³-hybridized carbons (Fsp3) is 0.0370. The largest absolute Gasteiger partial charge is 0.489 e. The van der Waals surface area contributed by atoms with E-state index in [0.717, 1.165) is 21.9 Å². The Bertz CT molecular complexity index is 1450. The molecule has 0 radical (unpaired) electrons. The zero-order chi connectivity index (χ0) is 21.0. The molecule has 0 aliphatic carbocycles. The van der Waals surface area contributed by atoms with Gasteiger partial charge in [0.05, 0.1) is 16.8 Å². The molecule has 0 atom stereocenters. The highest BCUT2D eigenvalue weighted by Crippen LogP contribution is 2.25. The van der Waals surface area contributed by atoms with Crippen molar-refractivity contribution in [3.05, 3.63) is 113 Å². The average molecular weight is 405 g/mol. The maximum absolute atomic E-state index is 12.6. The Morgan fingerprint density at radius 3 is 2.55 bits per heavy atom. The Labute approximate surface area is 179 Å². The van der Waals surface area contributed by atoms with Gasteiger partial charge < -0.3 is 9.15 Å². The van der Waals surface area contributed by atoms with Gasteiger partial charge in [-0.15, -0.1) is 0 Å². The molecule has 0 unspecified atom stereocenters. The quantitative estimate of drug-likeness (QED) is 0.332. The number of rotatable bonds is 5. The Kier molecular flexibility index (Phi) is 5.03. The summed E-state index contributed by atoms with van der Waals surface area (Å²) in [5.74, 6) is 0.643. The van der Waals surface area contributed by atoms with E-state index in [-0.39, 0.29) is 0 Å². The summed E-state index contributed by atoms with van der Waals surface area (Å²) in [5.41, 5.74) is 3.06. The Hall–Kier alpha value is -4.18. The topological polar surface area (TPSA) is 52.3 Å². The molecule has 150 valence electrons. The van der Waals surface area contributed by atoms with Crippen LogP contribution in [0.3, 0.4) is 0 Å². The molecular formula is C27H19NO3. The van der Waals surface area contributed by atoms with Gasteiger partial charge in [0.25, 0.3) is 0 Å². The summed E-state index contributed by atoms with van der Waals surface area (Å²) < 4.78 is 11.4. The Balaban J connectivity index is 1.39. The first-order chi connectivity index (χ1) is 15.3. The first-order valence-electron chi connectivity index (χ1n) is 10.0. The van der Waals surface area contributed by atoms with E-state index in [2.05, 4.69) is 4.98 Å². The zero-order valence-corrected chi connectivity index (χ0v) is 16.7. The molecule has 0 bridgehead atoms. The molecule has 0 fully saturated rings. The number of hydrogen-bond acceptors (Lipinski definition) is 4. The van der Waals surface area contributed by atoms with Crippen molar-refractivity contribution in [2.45, 2.75) is 0 Å². The van der Waals surface area contributed by atoms with Gasteiger partial charge in [-0.25, -0.2) is 9.78 Å². The highest BCUT2D eigenvalue weighted by atomic mass is 16.5. The predicted octanol–water partition coefficient (Wildman–Crippen LogP) is 6.10. The second kappa shape index (κ2) is 8.28. The lowest BCUT2D eigenvalue weighted by molar-refractivity contribution is 0.363. The maximum atomic E-state index is 12.6. The van der Waals surface area contributed by atoms with Crippen LogP contribution in [0, 0.1) is 0 Å². The highest BCUT2D eigenvalue weighted by molar-refractivity contribution is 5.85. The molecule has 0 aliphatic heterocycles. The molecule has 5 rings (SSSR count). The SMILES string of the molecule is O=c1oc2cc(OCC=Cc3ccccc3)ccc2cc1-c1ccc2ccccc2n1. The molecule has 0 saturated carbocycles. The summed E-state index contributed by atoms with van der Waals surface area (Å²) in [6.07, 6.45) is 3.95. The Morgan fingerprint density at radius 2 is 1.65 bits per heavy atom. The van der Waals surface area contributed by atoms with Crippen molar-refractivity contribution in [3.63, 3.8) is 0 Å². The number of pyridine rings is 1. The van der Waals surface area contributed by atoms with Gasteiger partial charge in [-0.2, -0.15) is 0 Å². The number of ether oxygens (including phenoxy) is 1. The van der Waals surface area contributed by atoms with E-state index in [1.165, 1.54) is 0 Å². The minimum absolute atomic E-state index is 0.420. The van der Waals surface area contributed by atoms with Gasteiger partial charge in [0.1, 0.15) is 17.9 Å². The van der Waals surface area contributed by atoms with Crippen molar-refractivity contribution in [1.82, 2.24) is 4.98 Å². The lowest BCUT2D eigenvalue weighted by Gasteiger charge is -2.06. The van der Waals surface area contributed by atoms with Crippen LogP contribution in [0.25, 0.3) is 39.2 Å². The number of aromatic nitrogens is 1. The molecule has 0 N–H and O–H groups in total. The minimum Gasteiger partial charge on any atom is -0.489 e. The van der Waals surface area contributed by atoms with Gasteiger partial charge >= 0.3 is 5.63 Å². The monoisotopic (exact) mass is 405 g/mol. The number of para-hydroxylation sites is 1. The summed E-state index contributed by atoms with van der Waals surface area (Å²) in [4.78, 5) is 17.3. The average Bonchev–Trinajstić information content (AvgIpc) is 2.82. The highest BCUT2D eigenvalue weighted by Gasteiger charge is 2.10. The van der Waals surface area contributed by atoms with Crippen molar-refractivity contribution in [2.24, 2.45) is 0 Å². The summed E-state index contributed by atoms with van der Waals surface area (Å²) in [6.45, 7) is 0.420. The summed E-state index contributed by atoms with van der Waals surface area (Å²) >= 11 is 0. The first-order valence-corrected chi connectivity index (χ1v) is 10.0. The molecule has 4 heteroatoms. The van der Waals surface area contributed by atoms with E-state index >= 15 is 0 Å². The predicted molar refractivity (Wildman–Crippen MR) is 124 cm³/mol. The summed E-state index contributed by atoms with van der Waals surface area (Å²) in [5, 5.41) is 1.84. The van der Waals surface area contributed by atoms with Crippen LogP contribution in [0.5, 0.6) is 5.75 Å². The smallest absolute Gasteiger partial charge is 0.345 e. The molecule has 4 nitrogen and oxygen atoms in total. The van der Waals surface area contributed by atoms with Crippen LogP contribution in [0.2, 0.25) is 0 Å². The van der Waals surface area contributed by atoms with E-state index in [9.17, 15) is 4.79 Å². The van der Waals surface area contributed by atoms with Crippen molar-refractivity contribution in [3.8, 4) is 17.0 Å². The van der Waals surface area contributed by atoms with E-state index in [1.54, 1.807) is 6.07 Å². The van der Waals surface area contributed by atoms with Crippen molar-refractivity contribution < 1.29 is 9.15 Å². The van der Waals surface area contributed by atoms with Crippen LogP contribution in [0.4, 0.5) is 0 Å². The molecule has 0 amide bonds. The minimum atomic E-state index is -0.420. The number of hydrogen-bond donors (Lipinski definition) is 0. The van der Waals surface area contributed by atoms with Gasteiger partial charge in [0.15, 0.2) is 0 Å². The number of fused-ring (bicyclic) bond motifs is 2. The van der Waals surface area contributed by atoms with Gasteiger partial charge in [0, 0.05) is 16.8 Å². The molecule has 2 heterocycles. The molecule has 31 heavy (non-hydrogen) atoms. The van der Waals surface area contributed by atoms with Crippen LogP contribution in [-0.2, 0) is 0 Å². The van der Waals surface area contributed by atoms with Gasteiger partial charge in [0.2, 0.25) is 0 Å². The third-order valence-corrected chi connectivity index (χ3v) is 5.04. The molecule has 3 aromatic carbocycles. The van der Waals surface area contributed by atoms with E-state index in [1.807, 2.05) is 97.1 Å². The van der Waals surface area contributed by atoms with Crippen molar-refractivity contribution in [1.29, 1.82) is 0 Å². The van der Waals surface area contributed by atoms with Crippen LogP contribution >= 0.6 is 0 Å². The Morgan fingerprint density at radius 1 is 0.839 bits per heavy atom. The molecular weight excluding hydrogens is 386 g/mol. The lowest BCUT2D eigenvalue weighted by Crippen LogP contribution is -2.04. The second-order valence-electron chi connectivity index (χ2n) is 7.16. The van der Waals surface area contributed by atoms with E-state index in [0.29, 0.717) is 29.2 Å². The van der Waals surface area contributed by atoms with Crippen molar-refractivity contribution >= 4 is 27.9 Å². The number of nitrogens with zero attached hydrogens (tertiary/aromatic N) is 1. The van der Waals surface area contributed by atoms with Crippen LogP contribution in [0.15, 0.2) is 106 Å². The standard InChI is InChI=1S/C27H19NO3/c29-27-23(25-15-13-20-10-4-5-11-24(20)28-25)17-21-12-14-22(18-26(21)31-27)30-16-6-9-19-7-2-1-3-8-19/h1-15,17-18H,16H2. The molecule has 0 aliphatic rings. The van der Waals surface area contributed by atoms with E-state index < -0.39 is 5.63 Å². The maximum Gasteiger partial charge on any atom is 0.345 e. The third-order valence-electron chi connectivity index (χ3n) is 5.04. The normalized spacial score (nSPS) is 11.4. The van der Waals surface area contributed by atoms with Gasteiger partial charge in [-0.05, 0) is 42.0 Å². The number of benzene rings is 3. The molecule has 5 aromatic rings. The first kappa shape index (κ1) is 18.8. The molecule has 2 aromatic heterocycles. The van der Waals surface area contributed by atoms with Crippen LogP contribution in [0.1, 0.15) is 5.56 Å². The summed E-state index contributed by atoms with van der Waals surface area (Å²) in [7, 11) is 0. The second-order valence-corrected chi connectivity index (χ2v) is 7.16. The fourth-order valence-corrected chi connectivity index (χ4v) is 3.47. The lowest BCUT2D eigenvalue weighted by atomic mass is 10.1. The summed E-state index contributed by atoms with van der Waals surface area (Å²) in [6, 6.07) is 29.0.